The van der Waals surface area contributed by atoms with E-state index in [0.29, 0.717) is 5.56 Å². The number of ketones is 1. The maximum absolute atomic E-state index is 12.6. The van der Waals surface area contributed by atoms with Crippen LogP contribution in [0.5, 0.6) is 28.7 Å². The minimum Gasteiger partial charge on any atom is -0.507 e. The first-order valence-corrected chi connectivity index (χ1v) is 9.74. The van der Waals surface area contributed by atoms with Crippen molar-refractivity contribution in [2.24, 2.45) is 0 Å². The van der Waals surface area contributed by atoms with Gasteiger partial charge < -0.3 is 50.0 Å². The Hall–Kier alpha value is -3.58. The van der Waals surface area contributed by atoms with Crippen LogP contribution in [0.25, 0.3) is 0 Å². The number of ether oxygens (including phenoxy) is 3. The van der Waals surface area contributed by atoms with E-state index >= 15 is 0 Å². The van der Waals surface area contributed by atoms with Crippen LogP contribution in [0.15, 0.2) is 30.3 Å². The molecule has 2 aromatic carbocycles. The van der Waals surface area contributed by atoms with Gasteiger partial charge in [-0.15, -0.1) is 0 Å². The van der Waals surface area contributed by atoms with Gasteiger partial charge in [0.05, 0.1) is 6.42 Å². The number of phenols is 3. The number of aromatic hydroxyl groups is 3. The third-order valence-corrected chi connectivity index (χ3v) is 5.41. The number of hydrogen-bond acceptors (Lipinski definition) is 11. The lowest BCUT2D eigenvalue weighted by molar-refractivity contribution is -0.271. The lowest BCUT2D eigenvalue weighted by atomic mass is 9.95. The molecule has 0 spiro atoms. The van der Waals surface area contributed by atoms with E-state index < -0.39 is 60.1 Å². The molecule has 0 aliphatic carbocycles. The van der Waals surface area contributed by atoms with Gasteiger partial charge in [0.1, 0.15) is 47.2 Å². The third kappa shape index (κ3) is 4.12. The Labute approximate surface area is 185 Å². The van der Waals surface area contributed by atoms with E-state index in [2.05, 4.69) is 0 Å². The van der Waals surface area contributed by atoms with Gasteiger partial charge in [-0.25, -0.2) is 4.79 Å². The van der Waals surface area contributed by atoms with E-state index in [0.717, 1.165) is 6.07 Å². The molecule has 2 aliphatic rings. The molecule has 1 saturated heterocycles. The maximum atomic E-state index is 12.6. The second kappa shape index (κ2) is 8.41. The number of carboxylic acids is 1. The molecule has 33 heavy (non-hydrogen) atoms. The fourth-order valence-electron chi connectivity index (χ4n) is 3.69. The first kappa shape index (κ1) is 22.6. The van der Waals surface area contributed by atoms with Crippen molar-refractivity contribution in [1.29, 1.82) is 0 Å². The van der Waals surface area contributed by atoms with Crippen molar-refractivity contribution in [2.45, 2.75) is 43.2 Å². The highest BCUT2D eigenvalue weighted by molar-refractivity contribution is 6.02. The van der Waals surface area contributed by atoms with E-state index in [4.69, 9.17) is 19.3 Å². The molecule has 2 heterocycles. The van der Waals surface area contributed by atoms with E-state index in [1.54, 1.807) is 0 Å². The SMILES string of the molecule is O=C1C[C@@H](c2ccc(O)c(O)c2)Oc2cc(O[C@H]3O[C@@H](C(=O)O)[C@H](O)[C@@H](O)[C@@H]3O)cc(O)c21. The molecule has 0 bridgehead atoms. The normalized spacial score (nSPS) is 29.1. The Bertz CT molecular complexity index is 1100. The number of aliphatic hydroxyl groups is 3. The lowest BCUT2D eigenvalue weighted by Gasteiger charge is -2.38. The van der Waals surface area contributed by atoms with Crippen LogP contribution in [0.4, 0.5) is 0 Å². The quantitative estimate of drug-likeness (QED) is 0.294. The number of benzene rings is 2. The number of phenolic OH excluding ortho intramolecular Hbond substituents is 3. The first-order valence-electron chi connectivity index (χ1n) is 9.74. The van der Waals surface area contributed by atoms with E-state index in [1.165, 1.54) is 24.3 Å². The number of aliphatic hydroxyl groups excluding tert-OH is 3. The number of aliphatic carboxylic acids is 1. The van der Waals surface area contributed by atoms with Gasteiger partial charge in [0, 0.05) is 12.1 Å². The van der Waals surface area contributed by atoms with Gasteiger partial charge in [-0.1, -0.05) is 6.07 Å². The molecule has 4 rings (SSSR count). The van der Waals surface area contributed by atoms with Crippen molar-refractivity contribution < 1.29 is 59.5 Å². The highest BCUT2D eigenvalue weighted by Crippen LogP contribution is 2.43. The second-order valence-electron chi connectivity index (χ2n) is 7.65. The number of carbonyl (C=O) groups is 2. The molecule has 6 atom stereocenters. The third-order valence-electron chi connectivity index (χ3n) is 5.41. The van der Waals surface area contributed by atoms with Gasteiger partial charge in [0.15, 0.2) is 23.4 Å². The van der Waals surface area contributed by atoms with Crippen molar-refractivity contribution in [3.63, 3.8) is 0 Å². The molecule has 176 valence electrons. The molecular formula is C21H20O12. The number of carboxylic acid groups (broad SMARTS) is 1. The van der Waals surface area contributed by atoms with Crippen LogP contribution < -0.4 is 9.47 Å². The molecule has 2 aliphatic heterocycles. The predicted octanol–water partition coefficient (Wildman–Crippen LogP) is -0.219. The summed E-state index contributed by atoms with van der Waals surface area (Å²) in [5.41, 5.74) is 0.244. The monoisotopic (exact) mass is 464 g/mol. The number of Topliss-reactive ketones (excluding diaryl/α,β-unsaturated/α-hetero) is 1. The molecule has 0 unspecified atom stereocenters. The zero-order chi connectivity index (χ0) is 24.0. The maximum Gasteiger partial charge on any atom is 0.335 e. The summed E-state index contributed by atoms with van der Waals surface area (Å²) < 4.78 is 16.2. The molecular weight excluding hydrogens is 444 g/mol. The fourth-order valence-corrected chi connectivity index (χ4v) is 3.69. The Kier molecular flexibility index (Phi) is 5.76. The zero-order valence-corrected chi connectivity index (χ0v) is 16.7. The highest BCUT2D eigenvalue weighted by Gasteiger charge is 2.48. The zero-order valence-electron chi connectivity index (χ0n) is 16.7. The van der Waals surface area contributed by atoms with Crippen LogP contribution in [-0.2, 0) is 9.53 Å². The Morgan fingerprint density at radius 2 is 1.67 bits per heavy atom. The average molecular weight is 464 g/mol. The molecule has 0 radical (unpaired) electrons. The van der Waals surface area contributed by atoms with Gasteiger partial charge in [-0.3, -0.25) is 4.79 Å². The van der Waals surface area contributed by atoms with Gasteiger partial charge in [0.25, 0.3) is 0 Å². The topological polar surface area (TPSA) is 203 Å². The second-order valence-corrected chi connectivity index (χ2v) is 7.65. The summed E-state index contributed by atoms with van der Waals surface area (Å²) in [4.78, 5) is 23.9. The van der Waals surface area contributed by atoms with Gasteiger partial charge in [0.2, 0.25) is 6.29 Å². The summed E-state index contributed by atoms with van der Waals surface area (Å²) in [6.45, 7) is 0. The molecule has 1 fully saturated rings. The average Bonchev–Trinajstić information content (AvgIpc) is 2.75. The Balaban J connectivity index is 1.61. The number of hydrogen-bond donors (Lipinski definition) is 7. The molecule has 12 nitrogen and oxygen atoms in total. The van der Waals surface area contributed by atoms with Crippen molar-refractivity contribution in [1.82, 2.24) is 0 Å². The summed E-state index contributed by atoms with van der Waals surface area (Å²) in [5.74, 6) is -3.63. The van der Waals surface area contributed by atoms with Crippen LogP contribution in [0.2, 0.25) is 0 Å². The number of carbonyl (C=O) groups excluding carboxylic acids is 1. The summed E-state index contributed by atoms with van der Waals surface area (Å²) >= 11 is 0. The standard InChI is InChI=1S/C21H20O12/c22-9-2-1-7(3-10(9)23)13-6-12(25)15-11(24)4-8(5-14(15)32-13)31-21-18(28)16(26)17(27)19(33-21)20(29)30/h1-5,13,16-19,21-24,26-28H,6H2,(H,29,30)/t13-,16+,17+,18-,19+,21-/m0/s1. The summed E-state index contributed by atoms with van der Waals surface area (Å²) in [7, 11) is 0. The summed E-state index contributed by atoms with van der Waals surface area (Å²) in [6, 6.07) is 6.12. The largest absolute Gasteiger partial charge is 0.507 e. The molecule has 7 N–H and O–H groups in total. The van der Waals surface area contributed by atoms with Crippen molar-refractivity contribution >= 4 is 11.8 Å². The number of fused-ring (bicyclic) bond motifs is 1. The van der Waals surface area contributed by atoms with Gasteiger partial charge >= 0.3 is 5.97 Å². The van der Waals surface area contributed by atoms with Crippen LogP contribution in [0, 0.1) is 0 Å². The summed E-state index contributed by atoms with van der Waals surface area (Å²) in [6.07, 6.45) is -10.3. The van der Waals surface area contributed by atoms with E-state index in [-0.39, 0.29) is 29.2 Å². The minimum atomic E-state index is -1.90. The molecule has 0 amide bonds. The predicted molar refractivity (Wildman–Crippen MR) is 105 cm³/mol. The molecule has 12 heteroatoms. The Morgan fingerprint density at radius 1 is 0.939 bits per heavy atom. The van der Waals surface area contributed by atoms with E-state index in [9.17, 15) is 40.2 Å². The van der Waals surface area contributed by atoms with Crippen LogP contribution in [0.1, 0.15) is 28.4 Å². The van der Waals surface area contributed by atoms with Crippen molar-refractivity contribution in [3.8, 4) is 28.7 Å². The smallest absolute Gasteiger partial charge is 0.335 e. The minimum absolute atomic E-state index is 0.0977. The van der Waals surface area contributed by atoms with Crippen LogP contribution in [0.3, 0.4) is 0 Å². The fraction of sp³-hybridized carbons (Fsp3) is 0.333. The van der Waals surface area contributed by atoms with E-state index in [1.807, 2.05) is 0 Å². The molecule has 0 aromatic heterocycles. The molecule has 0 saturated carbocycles. The summed E-state index contributed by atoms with van der Waals surface area (Å²) in [5, 5.41) is 68.5. The van der Waals surface area contributed by atoms with Crippen LogP contribution in [-0.4, -0.2) is 78.2 Å². The lowest BCUT2D eigenvalue weighted by Crippen LogP contribution is -2.61. The van der Waals surface area contributed by atoms with Gasteiger partial charge in [-0.2, -0.15) is 0 Å². The van der Waals surface area contributed by atoms with Crippen molar-refractivity contribution in [3.05, 3.63) is 41.5 Å². The van der Waals surface area contributed by atoms with Gasteiger partial charge in [-0.05, 0) is 17.7 Å². The number of rotatable bonds is 4. The van der Waals surface area contributed by atoms with Crippen molar-refractivity contribution in [2.75, 3.05) is 0 Å². The molecule has 2 aromatic rings. The highest BCUT2D eigenvalue weighted by atomic mass is 16.7. The first-order chi connectivity index (χ1) is 15.6. The Morgan fingerprint density at radius 3 is 2.33 bits per heavy atom. The van der Waals surface area contributed by atoms with Crippen LogP contribution >= 0.6 is 0 Å².